The summed E-state index contributed by atoms with van der Waals surface area (Å²) in [5.74, 6) is -2.07. The quantitative estimate of drug-likeness (QED) is 0.838. The smallest absolute Gasteiger partial charge is 0.338 e. The zero-order valence-corrected chi connectivity index (χ0v) is 13.6. The molecule has 1 atom stereocenters. The molecule has 8 heteroatoms. The van der Waals surface area contributed by atoms with Gasteiger partial charge in [0, 0.05) is 12.6 Å². The van der Waals surface area contributed by atoms with Crippen LogP contribution in [0.5, 0.6) is 0 Å². The molecule has 1 aromatic heterocycles. The van der Waals surface area contributed by atoms with Crippen molar-refractivity contribution in [2.24, 2.45) is 0 Å². The number of benzene rings is 1. The number of thioether (sulfide) groups is 1. The van der Waals surface area contributed by atoms with Gasteiger partial charge >= 0.3 is 5.97 Å². The number of carboxylic acid groups (broad SMARTS) is 1. The Kier molecular flexibility index (Phi) is 4.50. The van der Waals surface area contributed by atoms with Crippen LogP contribution in [0.2, 0.25) is 0 Å². The number of hydrogen-bond acceptors (Lipinski definition) is 6. The lowest BCUT2D eigenvalue weighted by atomic mass is 10.2. The van der Waals surface area contributed by atoms with Crippen LogP contribution in [0.4, 0.5) is 5.69 Å². The van der Waals surface area contributed by atoms with Gasteiger partial charge in [0.2, 0.25) is 11.8 Å². The van der Waals surface area contributed by atoms with Crippen LogP contribution in [0.15, 0.2) is 47.6 Å². The summed E-state index contributed by atoms with van der Waals surface area (Å²) in [4.78, 5) is 41.2. The Bertz CT molecular complexity index is 922. The minimum absolute atomic E-state index is 0.0244. The summed E-state index contributed by atoms with van der Waals surface area (Å²) in [6.07, 6.45) is 1.34. The van der Waals surface area contributed by atoms with Crippen LogP contribution in [0.3, 0.4) is 0 Å². The topological polar surface area (TPSA) is 111 Å². The third kappa shape index (κ3) is 3.09. The largest absolute Gasteiger partial charge is 0.478 e. The Morgan fingerprint density at radius 2 is 2.04 bits per heavy atom. The van der Waals surface area contributed by atoms with Crippen LogP contribution in [0.25, 0.3) is 0 Å². The molecule has 1 fully saturated rings. The third-order valence-corrected chi connectivity index (χ3v) is 4.83. The van der Waals surface area contributed by atoms with E-state index in [1.807, 2.05) is 6.07 Å². The summed E-state index contributed by atoms with van der Waals surface area (Å²) in [7, 11) is 0. The number of carbonyl (C=O) groups excluding carboxylic acids is 2. The van der Waals surface area contributed by atoms with Gasteiger partial charge in [0.15, 0.2) is 0 Å². The summed E-state index contributed by atoms with van der Waals surface area (Å²) in [5.41, 5.74) is 0.435. The van der Waals surface area contributed by atoms with E-state index in [2.05, 4.69) is 4.98 Å². The number of aromatic nitrogens is 1. The van der Waals surface area contributed by atoms with Gasteiger partial charge in [-0.05, 0) is 24.3 Å². The highest BCUT2D eigenvalue weighted by Gasteiger charge is 2.41. The summed E-state index contributed by atoms with van der Waals surface area (Å²) >= 11 is 0.943. The van der Waals surface area contributed by atoms with Gasteiger partial charge in [-0.15, -0.1) is 0 Å². The van der Waals surface area contributed by atoms with E-state index in [1.54, 1.807) is 12.1 Å². The zero-order chi connectivity index (χ0) is 18.0. The van der Waals surface area contributed by atoms with Gasteiger partial charge in [0.1, 0.15) is 11.1 Å². The highest BCUT2D eigenvalue weighted by molar-refractivity contribution is 8.00. The lowest BCUT2D eigenvalue weighted by Gasteiger charge is -2.16. The first-order valence-corrected chi connectivity index (χ1v) is 8.11. The van der Waals surface area contributed by atoms with E-state index in [4.69, 9.17) is 0 Å². The van der Waals surface area contributed by atoms with Gasteiger partial charge < -0.3 is 5.11 Å². The van der Waals surface area contributed by atoms with Crippen molar-refractivity contribution in [3.05, 3.63) is 53.7 Å². The second kappa shape index (κ2) is 6.75. The number of hydrogen-bond donors (Lipinski definition) is 1. The monoisotopic (exact) mass is 353 g/mol. The van der Waals surface area contributed by atoms with E-state index in [0.29, 0.717) is 0 Å². The van der Waals surface area contributed by atoms with Crippen molar-refractivity contribution in [1.82, 2.24) is 4.98 Å². The first-order valence-electron chi connectivity index (χ1n) is 7.24. The number of carboxylic acids is 1. The SMILES string of the molecule is N#Cc1ccccc1N1C(=O)C[C@@H](Sc2ncccc2C(=O)O)C1=O. The minimum Gasteiger partial charge on any atom is -0.478 e. The van der Waals surface area contributed by atoms with Crippen LogP contribution in [0, 0.1) is 11.3 Å². The Morgan fingerprint density at radius 1 is 1.28 bits per heavy atom. The highest BCUT2D eigenvalue weighted by atomic mass is 32.2. The molecular weight excluding hydrogens is 342 g/mol. The van der Waals surface area contributed by atoms with Gasteiger partial charge in [0.05, 0.1) is 22.1 Å². The number of nitrogens with zero attached hydrogens (tertiary/aromatic N) is 3. The molecule has 25 heavy (non-hydrogen) atoms. The van der Waals surface area contributed by atoms with Gasteiger partial charge in [-0.2, -0.15) is 5.26 Å². The van der Waals surface area contributed by atoms with Crippen molar-refractivity contribution < 1.29 is 19.5 Å². The fourth-order valence-corrected chi connectivity index (χ4v) is 3.60. The Labute approximate surface area is 146 Å². The normalized spacial score (nSPS) is 16.8. The van der Waals surface area contributed by atoms with E-state index in [1.165, 1.54) is 30.5 Å². The molecule has 0 unspecified atom stereocenters. The number of anilines is 1. The van der Waals surface area contributed by atoms with Crippen molar-refractivity contribution in [1.29, 1.82) is 5.26 Å². The number of imide groups is 1. The Morgan fingerprint density at radius 3 is 2.76 bits per heavy atom. The molecule has 1 aromatic carbocycles. The number of nitriles is 1. The van der Waals surface area contributed by atoms with Crippen molar-refractivity contribution >= 4 is 35.2 Å². The first-order chi connectivity index (χ1) is 12.0. The number of pyridine rings is 1. The lowest BCUT2D eigenvalue weighted by molar-refractivity contribution is -0.121. The van der Waals surface area contributed by atoms with E-state index in [0.717, 1.165) is 16.7 Å². The fraction of sp³-hybridized carbons (Fsp3) is 0.118. The maximum atomic E-state index is 12.7. The van der Waals surface area contributed by atoms with Crippen LogP contribution >= 0.6 is 11.8 Å². The van der Waals surface area contributed by atoms with Crippen molar-refractivity contribution in [3.8, 4) is 6.07 Å². The van der Waals surface area contributed by atoms with E-state index >= 15 is 0 Å². The van der Waals surface area contributed by atoms with E-state index in [9.17, 15) is 24.8 Å². The molecule has 124 valence electrons. The standard InChI is InChI=1S/C17H11N3O4S/c18-9-10-4-1-2-6-12(10)20-14(21)8-13(16(20)22)25-15-11(17(23)24)5-3-7-19-15/h1-7,13H,8H2,(H,23,24)/t13-/m1/s1. The zero-order valence-electron chi connectivity index (χ0n) is 12.7. The van der Waals surface area contributed by atoms with Gasteiger partial charge in [-0.3, -0.25) is 9.59 Å². The number of carbonyl (C=O) groups is 3. The molecule has 2 amide bonds. The molecule has 2 aromatic rings. The molecule has 1 saturated heterocycles. The number of aromatic carboxylic acids is 1. The molecule has 0 aliphatic carbocycles. The first kappa shape index (κ1) is 16.7. The second-order valence-electron chi connectivity index (χ2n) is 5.17. The summed E-state index contributed by atoms with van der Waals surface area (Å²) in [6.45, 7) is 0. The predicted molar refractivity (Wildman–Crippen MR) is 89.1 cm³/mol. The molecule has 1 aliphatic heterocycles. The van der Waals surface area contributed by atoms with Crippen molar-refractivity contribution in [2.45, 2.75) is 16.7 Å². The number of amides is 2. The Hall–Kier alpha value is -3.18. The van der Waals surface area contributed by atoms with Crippen molar-refractivity contribution in [3.63, 3.8) is 0 Å². The molecule has 0 radical (unpaired) electrons. The van der Waals surface area contributed by atoms with Gasteiger partial charge in [-0.25, -0.2) is 14.7 Å². The molecule has 0 bridgehead atoms. The molecule has 7 nitrogen and oxygen atoms in total. The second-order valence-corrected chi connectivity index (χ2v) is 6.36. The Balaban J connectivity index is 1.90. The fourth-order valence-electron chi connectivity index (χ4n) is 2.49. The van der Waals surface area contributed by atoms with Crippen LogP contribution < -0.4 is 4.90 Å². The van der Waals surface area contributed by atoms with Crippen LogP contribution in [0.1, 0.15) is 22.3 Å². The molecule has 0 spiro atoms. The summed E-state index contributed by atoms with van der Waals surface area (Å²) in [6, 6.07) is 11.2. The summed E-state index contributed by atoms with van der Waals surface area (Å²) < 4.78 is 0. The minimum atomic E-state index is -1.15. The molecule has 1 N–H and O–H groups in total. The highest BCUT2D eigenvalue weighted by Crippen LogP contribution is 2.35. The third-order valence-electron chi connectivity index (χ3n) is 3.63. The predicted octanol–water partition coefficient (Wildman–Crippen LogP) is 2.08. The molecule has 3 rings (SSSR count). The number of para-hydroxylation sites is 1. The van der Waals surface area contributed by atoms with Crippen LogP contribution in [-0.2, 0) is 9.59 Å². The lowest BCUT2D eigenvalue weighted by Crippen LogP contribution is -2.31. The van der Waals surface area contributed by atoms with Crippen molar-refractivity contribution in [2.75, 3.05) is 4.90 Å². The summed E-state index contributed by atoms with van der Waals surface area (Å²) in [5, 5.41) is 17.8. The van der Waals surface area contributed by atoms with Gasteiger partial charge in [-0.1, -0.05) is 23.9 Å². The average molecular weight is 353 g/mol. The molecule has 0 saturated carbocycles. The molecular formula is C17H11N3O4S. The maximum absolute atomic E-state index is 12.7. The number of rotatable bonds is 4. The van der Waals surface area contributed by atoms with Gasteiger partial charge in [0.25, 0.3) is 0 Å². The average Bonchev–Trinajstić information content (AvgIpc) is 2.88. The molecule has 1 aliphatic rings. The van der Waals surface area contributed by atoms with E-state index < -0.39 is 23.0 Å². The van der Waals surface area contributed by atoms with Crippen LogP contribution in [-0.4, -0.2) is 33.1 Å². The maximum Gasteiger partial charge on any atom is 0.338 e. The van der Waals surface area contributed by atoms with E-state index in [-0.39, 0.29) is 28.3 Å². The molecule has 2 heterocycles.